The molecule has 26 heavy (non-hydrogen) atoms. The Hall–Kier alpha value is -2.15. The maximum Gasteiger partial charge on any atom is 0.191 e. The first-order valence-corrected chi connectivity index (χ1v) is 9.59. The Morgan fingerprint density at radius 1 is 1.23 bits per heavy atom. The number of guanidine groups is 1. The number of nitrogens with one attached hydrogen (secondary N) is 2. The third-order valence-corrected chi connectivity index (χ3v) is 3.94. The van der Waals surface area contributed by atoms with E-state index in [2.05, 4.69) is 46.6 Å². The van der Waals surface area contributed by atoms with E-state index < -0.39 is 0 Å². The molecule has 0 aliphatic heterocycles. The summed E-state index contributed by atoms with van der Waals surface area (Å²) in [5.41, 5.74) is 0.887. The second-order valence-electron chi connectivity index (χ2n) is 6.63. The Bertz CT molecular complexity index is 667. The fourth-order valence-corrected chi connectivity index (χ4v) is 2.49. The van der Waals surface area contributed by atoms with Gasteiger partial charge in [-0.25, -0.2) is 0 Å². The van der Waals surface area contributed by atoms with E-state index >= 15 is 0 Å². The SMILES string of the molecule is CCNC(=NCCCc1nnc2ccccn12)NCCOCCC(C)C. The van der Waals surface area contributed by atoms with E-state index in [1.54, 1.807) is 0 Å². The van der Waals surface area contributed by atoms with Gasteiger partial charge in [-0.1, -0.05) is 19.9 Å². The average molecular weight is 361 g/mol. The Morgan fingerprint density at radius 3 is 2.92 bits per heavy atom. The first kappa shape index (κ1) is 20.2. The van der Waals surface area contributed by atoms with Crippen LogP contribution in [0.2, 0.25) is 0 Å². The van der Waals surface area contributed by atoms with Gasteiger partial charge in [0.15, 0.2) is 11.6 Å². The van der Waals surface area contributed by atoms with E-state index in [4.69, 9.17) is 4.74 Å². The maximum atomic E-state index is 5.63. The summed E-state index contributed by atoms with van der Waals surface area (Å²) in [6.07, 6.45) is 4.88. The Balaban J connectivity index is 1.69. The molecule has 0 saturated heterocycles. The van der Waals surface area contributed by atoms with E-state index in [1.807, 2.05) is 28.8 Å². The predicted molar refractivity (Wildman–Crippen MR) is 106 cm³/mol. The highest BCUT2D eigenvalue weighted by Gasteiger charge is 2.04. The number of hydrogen-bond donors (Lipinski definition) is 2. The molecule has 0 radical (unpaired) electrons. The van der Waals surface area contributed by atoms with Gasteiger partial charge in [0.1, 0.15) is 5.82 Å². The molecule has 0 aromatic carbocycles. The third-order valence-electron chi connectivity index (χ3n) is 3.94. The number of aryl methyl sites for hydroxylation is 1. The fraction of sp³-hybridized carbons (Fsp3) is 0.632. The number of pyridine rings is 1. The van der Waals surface area contributed by atoms with Gasteiger partial charge in [-0.2, -0.15) is 0 Å². The molecule has 0 aliphatic rings. The topological polar surface area (TPSA) is 75.8 Å². The molecule has 2 rings (SSSR count). The normalized spacial score (nSPS) is 12.1. The number of ether oxygens (including phenoxy) is 1. The minimum Gasteiger partial charge on any atom is -0.380 e. The summed E-state index contributed by atoms with van der Waals surface area (Å²) in [6.45, 7) is 10.3. The fourth-order valence-electron chi connectivity index (χ4n) is 2.49. The van der Waals surface area contributed by atoms with Crippen LogP contribution >= 0.6 is 0 Å². The first-order valence-electron chi connectivity index (χ1n) is 9.59. The Morgan fingerprint density at radius 2 is 2.12 bits per heavy atom. The van der Waals surface area contributed by atoms with Crippen molar-refractivity contribution in [2.24, 2.45) is 10.9 Å². The molecule has 0 amide bonds. The summed E-state index contributed by atoms with van der Waals surface area (Å²) < 4.78 is 7.65. The number of aliphatic imine (C=N–C) groups is 1. The average Bonchev–Trinajstić information content (AvgIpc) is 3.04. The smallest absolute Gasteiger partial charge is 0.191 e. The molecule has 2 heterocycles. The van der Waals surface area contributed by atoms with Crippen molar-refractivity contribution in [3.63, 3.8) is 0 Å². The molecule has 2 aromatic rings. The molecule has 0 saturated carbocycles. The van der Waals surface area contributed by atoms with E-state index in [1.165, 1.54) is 0 Å². The van der Waals surface area contributed by atoms with Crippen LogP contribution in [-0.4, -0.2) is 53.4 Å². The van der Waals surface area contributed by atoms with Crippen LogP contribution in [0.4, 0.5) is 0 Å². The van der Waals surface area contributed by atoms with Crippen LogP contribution < -0.4 is 10.6 Å². The lowest BCUT2D eigenvalue weighted by molar-refractivity contribution is 0.128. The van der Waals surface area contributed by atoms with E-state index in [-0.39, 0.29) is 0 Å². The molecule has 0 fully saturated rings. The number of hydrogen-bond acceptors (Lipinski definition) is 4. The highest BCUT2D eigenvalue weighted by Crippen LogP contribution is 2.05. The highest BCUT2D eigenvalue weighted by molar-refractivity contribution is 5.79. The summed E-state index contributed by atoms with van der Waals surface area (Å²) >= 11 is 0. The summed E-state index contributed by atoms with van der Waals surface area (Å²) in [6, 6.07) is 5.93. The monoisotopic (exact) mass is 360 g/mol. The van der Waals surface area contributed by atoms with Crippen molar-refractivity contribution >= 4 is 11.6 Å². The highest BCUT2D eigenvalue weighted by atomic mass is 16.5. The largest absolute Gasteiger partial charge is 0.380 e. The van der Waals surface area contributed by atoms with Gasteiger partial charge in [-0.15, -0.1) is 10.2 Å². The molecular weight excluding hydrogens is 328 g/mol. The zero-order valence-corrected chi connectivity index (χ0v) is 16.2. The van der Waals surface area contributed by atoms with Crippen LogP contribution in [-0.2, 0) is 11.2 Å². The molecule has 2 N–H and O–H groups in total. The van der Waals surface area contributed by atoms with Gasteiger partial charge >= 0.3 is 0 Å². The number of aromatic nitrogens is 3. The predicted octanol–water partition coefficient (Wildman–Crippen LogP) is 2.28. The number of nitrogens with zero attached hydrogens (tertiary/aromatic N) is 4. The molecule has 7 nitrogen and oxygen atoms in total. The van der Waals surface area contributed by atoms with Crippen LogP contribution in [0.3, 0.4) is 0 Å². The summed E-state index contributed by atoms with van der Waals surface area (Å²) in [7, 11) is 0. The maximum absolute atomic E-state index is 5.63. The van der Waals surface area contributed by atoms with Crippen LogP contribution in [0, 0.1) is 5.92 Å². The molecular formula is C19H32N6O. The van der Waals surface area contributed by atoms with E-state index in [9.17, 15) is 0 Å². The van der Waals surface area contributed by atoms with Gasteiger partial charge in [0, 0.05) is 38.9 Å². The van der Waals surface area contributed by atoms with Gasteiger partial charge in [0.05, 0.1) is 6.61 Å². The van der Waals surface area contributed by atoms with Gasteiger partial charge in [0.25, 0.3) is 0 Å². The van der Waals surface area contributed by atoms with Crippen molar-refractivity contribution in [2.75, 3.05) is 32.8 Å². The zero-order valence-electron chi connectivity index (χ0n) is 16.2. The van der Waals surface area contributed by atoms with Crippen LogP contribution in [0.15, 0.2) is 29.4 Å². The molecule has 0 atom stereocenters. The van der Waals surface area contributed by atoms with Crippen molar-refractivity contribution in [3.8, 4) is 0 Å². The molecule has 0 aliphatic carbocycles. The van der Waals surface area contributed by atoms with E-state index in [0.29, 0.717) is 12.5 Å². The van der Waals surface area contributed by atoms with Crippen LogP contribution in [0.5, 0.6) is 0 Å². The quantitative estimate of drug-likeness (QED) is 0.365. The van der Waals surface area contributed by atoms with Crippen molar-refractivity contribution in [3.05, 3.63) is 30.2 Å². The lowest BCUT2D eigenvalue weighted by atomic mass is 10.1. The Labute approximate surface area is 156 Å². The number of fused-ring (bicyclic) bond motifs is 1. The standard InChI is InChI=1S/C19H32N6O/c1-4-20-19(22-12-15-26-14-10-16(2)3)21-11-7-9-18-24-23-17-8-5-6-13-25(17)18/h5-6,8,13,16H,4,7,9-12,14-15H2,1-3H3,(H2,20,21,22). The van der Waals surface area contributed by atoms with Crippen molar-refractivity contribution in [1.82, 2.24) is 25.2 Å². The summed E-state index contributed by atoms with van der Waals surface area (Å²) in [4.78, 5) is 4.62. The summed E-state index contributed by atoms with van der Waals surface area (Å²) in [5.74, 6) is 2.50. The minimum absolute atomic E-state index is 0.684. The molecule has 144 valence electrons. The zero-order chi connectivity index (χ0) is 18.6. The molecule has 7 heteroatoms. The van der Waals surface area contributed by atoms with Crippen molar-refractivity contribution in [1.29, 1.82) is 0 Å². The van der Waals surface area contributed by atoms with Gasteiger partial charge in [-0.3, -0.25) is 9.39 Å². The van der Waals surface area contributed by atoms with Gasteiger partial charge in [-0.05, 0) is 37.8 Å². The van der Waals surface area contributed by atoms with Crippen molar-refractivity contribution < 1.29 is 4.74 Å². The first-order chi connectivity index (χ1) is 12.7. The minimum atomic E-state index is 0.684. The van der Waals surface area contributed by atoms with E-state index in [0.717, 1.165) is 62.9 Å². The van der Waals surface area contributed by atoms with Gasteiger partial charge in [0.2, 0.25) is 0 Å². The molecule has 0 unspecified atom stereocenters. The van der Waals surface area contributed by atoms with Crippen LogP contribution in [0.25, 0.3) is 5.65 Å². The Kier molecular flexibility index (Phi) is 8.89. The van der Waals surface area contributed by atoms with Gasteiger partial charge < -0.3 is 15.4 Å². The molecule has 0 bridgehead atoms. The lowest BCUT2D eigenvalue weighted by Gasteiger charge is -2.12. The summed E-state index contributed by atoms with van der Waals surface area (Å²) in [5, 5.41) is 15.0. The third kappa shape index (κ3) is 7.00. The molecule has 2 aromatic heterocycles. The second kappa shape index (κ2) is 11.5. The second-order valence-corrected chi connectivity index (χ2v) is 6.63. The van der Waals surface area contributed by atoms with Crippen LogP contribution in [0.1, 0.15) is 39.4 Å². The van der Waals surface area contributed by atoms with Crippen molar-refractivity contribution in [2.45, 2.75) is 40.0 Å². The molecule has 0 spiro atoms. The lowest BCUT2D eigenvalue weighted by Crippen LogP contribution is -2.39. The number of rotatable bonds is 11.